The van der Waals surface area contributed by atoms with Crippen molar-refractivity contribution in [3.63, 3.8) is 0 Å². The largest absolute Gasteiger partial charge is 0.457 e. The SMILES string of the molecule is O=C1NC(=S)N(c2ccc(F)c(Cl)c2)C(=O)/C1=C/c1ccc(-c2ccc([N+](=O)[O-])cc2Cl)o1. The zero-order valence-electron chi connectivity index (χ0n) is 16.2. The standard InChI is InChI=1S/C21H10Cl2FN3O5S/c22-15-8-11(27(30)31)1-4-13(15)18-6-3-12(32-18)9-14-19(28)25-21(33)26(20(14)29)10-2-5-17(24)16(23)7-10/h1-9H,(H,25,28,33)/b14-9+. The second-order valence-electron chi connectivity index (χ2n) is 6.68. The highest BCUT2D eigenvalue weighted by molar-refractivity contribution is 7.80. The molecule has 4 rings (SSSR count). The number of anilines is 1. The first-order chi connectivity index (χ1) is 15.7. The van der Waals surface area contributed by atoms with Gasteiger partial charge in [0.05, 0.1) is 20.7 Å². The molecule has 33 heavy (non-hydrogen) atoms. The molecular formula is C21H10Cl2FN3O5S. The van der Waals surface area contributed by atoms with Gasteiger partial charge in [-0.05, 0) is 54.7 Å². The van der Waals surface area contributed by atoms with E-state index >= 15 is 0 Å². The maximum atomic E-state index is 13.5. The Morgan fingerprint density at radius 3 is 2.52 bits per heavy atom. The van der Waals surface area contributed by atoms with Crippen LogP contribution in [-0.2, 0) is 9.59 Å². The number of carbonyl (C=O) groups is 2. The number of furan rings is 1. The number of carbonyl (C=O) groups excluding carboxylic acids is 2. The summed E-state index contributed by atoms with van der Waals surface area (Å²) in [7, 11) is 0. The van der Waals surface area contributed by atoms with Crippen molar-refractivity contribution in [2.75, 3.05) is 4.90 Å². The maximum absolute atomic E-state index is 13.5. The molecule has 0 radical (unpaired) electrons. The van der Waals surface area contributed by atoms with Gasteiger partial charge < -0.3 is 4.42 Å². The number of hydrogen-bond acceptors (Lipinski definition) is 6. The molecule has 0 unspecified atom stereocenters. The fraction of sp³-hybridized carbons (Fsp3) is 0. The first-order valence-electron chi connectivity index (χ1n) is 9.06. The van der Waals surface area contributed by atoms with Gasteiger partial charge in [-0.15, -0.1) is 0 Å². The van der Waals surface area contributed by atoms with Crippen molar-refractivity contribution in [3.05, 3.63) is 85.8 Å². The van der Waals surface area contributed by atoms with E-state index in [2.05, 4.69) is 5.32 Å². The molecule has 0 saturated carbocycles. The minimum atomic E-state index is -0.766. The van der Waals surface area contributed by atoms with Gasteiger partial charge in [0, 0.05) is 17.7 Å². The van der Waals surface area contributed by atoms with Crippen LogP contribution in [0.3, 0.4) is 0 Å². The predicted octanol–water partition coefficient (Wildman–Crippen LogP) is 5.13. The monoisotopic (exact) mass is 505 g/mol. The first-order valence-corrected chi connectivity index (χ1v) is 10.2. The number of hydrogen-bond donors (Lipinski definition) is 1. The molecule has 0 spiro atoms. The van der Waals surface area contributed by atoms with Crippen LogP contribution in [0.15, 0.2) is 58.5 Å². The lowest BCUT2D eigenvalue weighted by atomic mass is 10.1. The highest BCUT2D eigenvalue weighted by Gasteiger charge is 2.35. The molecule has 1 N–H and O–H groups in total. The average Bonchev–Trinajstić information content (AvgIpc) is 3.21. The maximum Gasteiger partial charge on any atom is 0.270 e. The number of halogens is 3. The smallest absolute Gasteiger partial charge is 0.270 e. The van der Waals surface area contributed by atoms with Gasteiger partial charge in [0.1, 0.15) is 22.9 Å². The number of nitro groups is 1. The summed E-state index contributed by atoms with van der Waals surface area (Å²) in [4.78, 5) is 36.8. The van der Waals surface area contributed by atoms with E-state index in [1.54, 1.807) is 0 Å². The Kier molecular flexibility index (Phi) is 5.98. The molecule has 166 valence electrons. The van der Waals surface area contributed by atoms with Crippen molar-refractivity contribution in [1.82, 2.24) is 5.32 Å². The first kappa shape index (κ1) is 22.6. The van der Waals surface area contributed by atoms with E-state index in [0.29, 0.717) is 5.56 Å². The van der Waals surface area contributed by atoms with Gasteiger partial charge in [-0.2, -0.15) is 0 Å². The number of nitrogens with one attached hydrogen (secondary N) is 1. The Bertz CT molecular complexity index is 1390. The van der Waals surface area contributed by atoms with Gasteiger partial charge in [-0.25, -0.2) is 4.39 Å². The summed E-state index contributed by atoms with van der Waals surface area (Å²) < 4.78 is 19.2. The number of amides is 2. The summed E-state index contributed by atoms with van der Waals surface area (Å²) in [5.74, 6) is -1.78. The van der Waals surface area contributed by atoms with Crippen molar-refractivity contribution in [3.8, 4) is 11.3 Å². The predicted molar refractivity (Wildman–Crippen MR) is 123 cm³/mol. The molecule has 8 nitrogen and oxygen atoms in total. The molecule has 0 bridgehead atoms. The molecular weight excluding hydrogens is 496 g/mol. The summed E-state index contributed by atoms with van der Waals surface area (Å²) in [5, 5.41) is 13.0. The fourth-order valence-corrected chi connectivity index (χ4v) is 3.77. The number of nitrogens with zero attached hydrogens (tertiary/aromatic N) is 2. The zero-order chi connectivity index (χ0) is 23.9. The molecule has 1 aliphatic heterocycles. The lowest BCUT2D eigenvalue weighted by molar-refractivity contribution is -0.384. The van der Waals surface area contributed by atoms with Crippen molar-refractivity contribution in [1.29, 1.82) is 0 Å². The number of thiocarbonyl (C=S) groups is 1. The van der Waals surface area contributed by atoms with Crippen LogP contribution in [0.25, 0.3) is 17.4 Å². The van der Waals surface area contributed by atoms with Crippen molar-refractivity contribution < 1.29 is 23.3 Å². The summed E-state index contributed by atoms with van der Waals surface area (Å²) in [6.45, 7) is 0. The normalized spacial score (nSPS) is 15.2. The van der Waals surface area contributed by atoms with Crippen LogP contribution in [0, 0.1) is 15.9 Å². The van der Waals surface area contributed by atoms with Gasteiger partial charge >= 0.3 is 0 Å². The van der Waals surface area contributed by atoms with E-state index in [9.17, 15) is 24.1 Å². The van der Waals surface area contributed by atoms with Gasteiger partial charge in [-0.3, -0.25) is 29.9 Å². The van der Waals surface area contributed by atoms with E-state index in [4.69, 9.17) is 39.8 Å². The Morgan fingerprint density at radius 2 is 1.85 bits per heavy atom. The number of nitro benzene ring substituents is 1. The van der Waals surface area contributed by atoms with Crippen LogP contribution in [0.2, 0.25) is 10.0 Å². The Hall–Kier alpha value is -3.60. The van der Waals surface area contributed by atoms with E-state index < -0.39 is 22.6 Å². The highest BCUT2D eigenvalue weighted by atomic mass is 35.5. The highest BCUT2D eigenvalue weighted by Crippen LogP contribution is 2.33. The van der Waals surface area contributed by atoms with Gasteiger partial charge in [-0.1, -0.05) is 23.2 Å². The molecule has 1 saturated heterocycles. The summed E-state index contributed by atoms with van der Waals surface area (Å²) in [6.07, 6.45) is 1.21. The minimum absolute atomic E-state index is 0.0916. The molecule has 0 aliphatic carbocycles. The Balaban J connectivity index is 1.67. The summed E-state index contributed by atoms with van der Waals surface area (Å²) in [5.41, 5.74) is 0.0778. The van der Waals surface area contributed by atoms with E-state index in [-0.39, 0.29) is 43.6 Å². The van der Waals surface area contributed by atoms with Crippen molar-refractivity contribution in [2.45, 2.75) is 0 Å². The molecule has 2 heterocycles. The molecule has 1 aliphatic rings. The van der Waals surface area contributed by atoms with Crippen molar-refractivity contribution >= 4 is 69.8 Å². The number of rotatable bonds is 4. The minimum Gasteiger partial charge on any atom is -0.457 e. The van der Waals surface area contributed by atoms with Crippen LogP contribution in [0.4, 0.5) is 15.8 Å². The van der Waals surface area contributed by atoms with Crippen LogP contribution >= 0.6 is 35.4 Å². The van der Waals surface area contributed by atoms with Crippen LogP contribution in [-0.4, -0.2) is 21.9 Å². The third-order valence-electron chi connectivity index (χ3n) is 4.61. The van der Waals surface area contributed by atoms with Crippen LogP contribution < -0.4 is 10.2 Å². The molecule has 3 aromatic rings. The zero-order valence-corrected chi connectivity index (χ0v) is 18.5. The second kappa shape index (κ2) is 8.74. The Morgan fingerprint density at radius 1 is 1.09 bits per heavy atom. The second-order valence-corrected chi connectivity index (χ2v) is 7.88. The summed E-state index contributed by atoms with van der Waals surface area (Å²) in [6, 6.07) is 10.5. The lowest BCUT2D eigenvalue weighted by Gasteiger charge is -2.28. The van der Waals surface area contributed by atoms with Crippen LogP contribution in [0.5, 0.6) is 0 Å². The van der Waals surface area contributed by atoms with Gasteiger partial charge in [0.15, 0.2) is 5.11 Å². The van der Waals surface area contributed by atoms with Crippen LogP contribution in [0.1, 0.15) is 5.76 Å². The van der Waals surface area contributed by atoms with E-state index in [1.165, 1.54) is 48.5 Å². The molecule has 2 aromatic carbocycles. The van der Waals surface area contributed by atoms with Gasteiger partial charge in [0.2, 0.25) is 0 Å². The fourth-order valence-electron chi connectivity index (χ4n) is 3.05. The third kappa shape index (κ3) is 4.36. The summed E-state index contributed by atoms with van der Waals surface area (Å²) >= 11 is 17.0. The average molecular weight is 506 g/mol. The molecule has 1 aromatic heterocycles. The van der Waals surface area contributed by atoms with E-state index in [0.717, 1.165) is 11.0 Å². The third-order valence-corrected chi connectivity index (χ3v) is 5.49. The van der Waals surface area contributed by atoms with Gasteiger partial charge in [0.25, 0.3) is 17.5 Å². The molecule has 2 amide bonds. The molecule has 1 fully saturated rings. The topological polar surface area (TPSA) is 106 Å². The quantitative estimate of drug-likeness (QED) is 0.173. The molecule has 0 atom stereocenters. The Labute approximate surface area is 200 Å². The van der Waals surface area contributed by atoms with E-state index in [1.807, 2.05) is 0 Å². The molecule has 12 heteroatoms. The van der Waals surface area contributed by atoms with Crippen molar-refractivity contribution in [2.24, 2.45) is 0 Å². The number of benzene rings is 2. The lowest BCUT2D eigenvalue weighted by Crippen LogP contribution is -2.54. The number of non-ortho nitro benzene ring substituents is 1.